The number of benzene rings is 1. The third-order valence-corrected chi connectivity index (χ3v) is 5.46. The number of carbonyl (C=O) groups excluding carboxylic acids is 1. The third-order valence-electron chi connectivity index (χ3n) is 5.46. The minimum Gasteiger partial charge on any atom is -0.444 e. The van der Waals surface area contributed by atoms with Crippen LogP contribution in [-0.4, -0.2) is 28.5 Å². The van der Waals surface area contributed by atoms with Crippen molar-refractivity contribution in [1.82, 2.24) is 20.2 Å². The molecule has 1 aliphatic rings. The predicted molar refractivity (Wildman–Crippen MR) is 114 cm³/mol. The van der Waals surface area contributed by atoms with Gasteiger partial charge in [0.2, 0.25) is 5.89 Å². The molecule has 7 nitrogen and oxygen atoms in total. The molecule has 2 N–H and O–H groups in total. The Labute approximate surface area is 175 Å². The van der Waals surface area contributed by atoms with E-state index in [1.54, 1.807) is 17.7 Å². The average Bonchev–Trinajstić information content (AvgIpc) is 3.25. The number of aryl methyl sites for hydroxylation is 1. The van der Waals surface area contributed by atoms with Crippen molar-refractivity contribution in [2.24, 2.45) is 5.92 Å². The first-order valence-electron chi connectivity index (χ1n) is 10.3. The molecule has 0 spiro atoms. The molecule has 3 heterocycles. The molecule has 1 aliphatic heterocycles. The summed E-state index contributed by atoms with van der Waals surface area (Å²) in [6, 6.07) is 11.4. The smallest absolute Gasteiger partial charge is 0.263 e. The molecule has 1 aromatic carbocycles. The lowest BCUT2D eigenvalue weighted by atomic mass is 9.99. The zero-order valence-electron chi connectivity index (χ0n) is 17.1. The molecule has 0 radical (unpaired) electrons. The molecular weight excluding hydrogens is 380 g/mol. The summed E-state index contributed by atoms with van der Waals surface area (Å²) in [5.74, 6) is 0.513. The van der Waals surface area contributed by atoms with E-state index >= 15 is 0 Å². The Hall–Kier alpha value is -3.19. The summed E-state index contributed by atoms with van der Waals surface area (Å²) in [6.07, 6.45) is 5.51. The molecule has 1 fully saturated rings. The lowest BCUT2D eigenvalue weighted by Crippen LogP contribution is -2.37. The first kappa shape index (κ1) is 20.1. The number of aromatic nitrogens is 2. The zero-order valence-corrected chi connectivity index (χ0v) is 17.1. The Morgan fingerprint density at radius 3 is 2.90 bits per heavy atom. The van der Waals surface area contributed by atoms with Crippen LogP contribution in [0.25, 0.3) is 11.5 Å². The number of pyridine rings is 1. The van der Waals surface area contributed by atoms with Gasteiger partial charge in [0.05, 0.1) is 12.2 Å². The van der Waals surface area contributed by atoms with Gasteiger partial charge in [-0.1, -0.05) is 18.2 Å². The Morgan fingerprint density at radius 1 is 1.30 bits per heavy atom. The molecule has 156 valence electrons. The average molecular weight is 406 g/mol. The lowest BCUT2D eigenvalue weighted by molar-refractivity contribution is 0.0947. The van der Waals surface area contributed by atoms with Gasteiger partial charge in [0, 0.05) is 18.3 Å². The topological polar surface area (TPSA) is 89.2 Å². The Kier molecular flexibility index (Phi) is 6.09. The molecule has 30 heavy (non-hydrogen) atoms. The largest absolute Gasteiger partial charge is 0.444 e. The number of oxazole rings is 1. The number of amides is 1. The highest BCUT2D eigenvalue weighted by Gasteiger charge is 2.19. The quantitative estimate of drug-likeness (QED) is 0.657. The SMILES string of the molecule is Cc1ccn(CC2CCCNC2)c(=O)c1C(=O)NCc1coc(-c2ccccc2)n1. The van der Waals surface area contributed by atoms with Crippen molar-refractivity contribution in [3.8, 4) is 11.5 Å². The molecule has 1 saturated heterocycles. The lowest BCUT2D eigenvalue weighted by Gasteiger charge is -2.23. The Morgan fingerprint density at radius 2 is 2.13 bits per heavy atom. The van der Waals surface area contributed by atoms with E-state index in [-0.39, 0.29) is 17.7 Å². The summed E-state index contributed by atoms with van der Waals surface area (Å²) in [4.78, 5) is 30.2. The number of hydrogen-bond acceptors (Lipinski definition) is 5. The van der Waals surface area contributed by atoms with Crippen LogP contribution < -0.4 is 16.2 Å². The van der Waals surface area contributed by atoms with Gasteiger partial charge in [-0.15, -0.1) is 0 Å². The summed E-state index contributed by atoms with van der Waals surface area (Å²) in [7, 11) is 0. The molecule has 4 rings (SSSR count). The van der Waals surface area contributed by atoms with Gasteiger partial charge >= 0.3 is 0 Å². The second-order valence-electron chi connectivity index (χ2n) is 7.74. The van der Waals surface area contributed by atoms with E-state index in [2.05, 4.69) is 15.6 Å². The van der Waals surface area contributed by atoms with Gasteiger partial charge in [-0.25, -0.2) is 4.98 Å². The van der Waals surface area contributed by atoms with Crippen LogP contribution in [0.15, 0.2) is 58.1 Å². The monoisotopic (exact) mass is 406 g/mol. The molecule has 0 saturated carbocycles. The fourth-order valence-electron chi connectivity index (χ4n) is 3.80. The van der Waals surface area contributed by atoms with Crippen molar-refractivity contribution >= 4 is 5.91 Å². The van der Waals surface area contributed by atoms with E-state index in [0.717, 1.165) is 31.5 Å². The van der Waals surface area contributed by atoms with Gasteiger partial charge in [0.25, 0.3) is 11.5 Å². The summed E-state index contributed by atoms with van der Waals surface area (Å²) in [5.41, 5.74) is 2.08. The first-order valence-corrected chi connectivity index (χ1v) is 10.3. The number of nitrogens with one attached hydrogen (secondary N) is 2. The van der Waals surface area contributed by atoms with Crippen LogP contribution in [0.5, 0.6) is 0 Å². The molecule has 7 heteroatoms. The number of piperidine rings is 1. The molecule has 2 aromatic heterocycles. The third kappa shape index (κ3) is 4.52. The van der Waals surface area contributed by atoms with E-state index in [1.807, 2.05) is 36.4 Å². The number of carbonyl (C=O) groups is 1. The molecule has 1 amide bonds. The van der Waals surface area contributed by atoms with Crippen molar-refractivity contribution in [3.63, 3.8) is 0 Å². The van der Waals surface area contributed by atoms with Crippen LogP contribution in [0.2, 0.25) is 0 Å². The fraction of sp³-hybridized carbons (Fsp3) is 0.348. The zero-order chi connectivity index (χ0) is 20.9. The van der Waals surface area contributed by atoms with Gasteiger partial charge in [0.15, 0.2) is 0 Å². The molecule has 0 aliphatic carbocycles. The minimum absolute atomic E-state index is 0.188. The summed E-state index contributed by atoms with van der Waals surface area (Å²) >= 11 is 0. The maximum atomic E-state index is 13.0. The number of rotatable bonds is 6. The first-order chi connectivity index (χ1) is 14.6. The summed E-state index contributed by atoms with van der Waals surface area (Å²) in [5, 5.41) is 6.17. The van der Waals surface area contributed by atoms with E-state index in [0.29, 0.717) is 29.6 Å². The van der Waals surface area contributed by atoms with Gasteiger partial charge in [-0.05, 0) is 62.5 Å². The predicted octanol–water partition coefficient (Wildman–Crippen LogP) is 2.74. The maximum Gasteiger partial charge on any atom is 0.263 e. The summed E-state index contributed by atoms with van der Waals surface area (Å²) in [6.45, 7) is 4.52. The molecule has 1 atom stereocenters. The Balaban J connectivity index is 1.45. The van der Waals surface area contributed by atoms with Crippen molar-refractivity contribution in [2.75, 3.05) is 13.1 Å². The van der Waals surface area contributed by atoms with E-state index in [9.17, 15) is 9.59 Å². The van der Waals surface area contributed by atoms with Gasteiger partial charge in [0.1, 0.15) is 11.8 Å². The number of nitrogens with zero attached hydrogens (tertiary/aromatic N) is 2. The molecule has 0 bridgehead atoms. The number of hydrogen-bond donors (Lipinski definition) is 2. The van der Waals surface area contributed by atoms with Gasteiger partial charge in [-0.2, -0.15) is 0 Å². The second-order valence-corrected chi connectivity index (χ2v) is 7.74. The highest BCUT2D eigenvalue weighted by Crippen LogP contribution is 2.18. The molecule has 3 aromatic rings. The van der Waals surface area contributed by atoms with Crippen molar-refractivity contribution in [2.45, 2.75) is 32.9 Å². The van der Waals surface area contributed by atoms with Crippen LogP contribution in [0, 0.1) is 12.8 Å². The van der Waals surface area contributed by atoms with Crippen molar-refractivity contribution in [1.29, 1.82) is 0 Å². The van der Waals surface area contributed by atoms with Crippen LogP contribution in [0.1, 0.15) is 34.5 Å². The summed E-state index contributed by atoms with van der Waals surface area (Å²) < 4.78 is 7.16. The normalized spacial score (nSPS) is 16.4. The minimum atomic E-state index is -0.391. The second kappa shape index (κ2) is 9.09. The highest BCUT2D eigenvalue weighted by molar-refractivity contribution is 5.95. The fourth-order valence-corrected chi connectivity index (χ4v) is 3.80. The van der Waals surface area contributed by atoms with Crippen LogP contribution in [0.3, 0.4) is 0 Å². The maximum absolute atomic E-state index is 13.0. The molecule has 1 unspecified atom stereocenters. The van der Waals surface area contributed by atoms with E-state index in [4.69, 9.17) is 4.42 Å². The van der Waals surface area contributed by atoms with Gasteiger partial charge in [-0.3, -0.25) is 9.59 Å². The van der Waals surface area contributed by atoms with Crippen LogP contribution in [0.4, 0.5) is 0 Å². The van der Waals surface area contributed by atoms with Crippen LogP contribution >= 0.6 is 0 Å². The molecular formula is C23H26N4O3. The standard InChI is InChI=1S/C23H26N4O3/c1-16-9-11-27(14-17-6-5-10-24-12-17)23(29)20(16)21(28)25-13-19-15-30-22(26-19)18-7-3-2-4-8-18/h2-4,7-9,11,15,17,24H,5-6,10,12-14H2,1H3,(H,25,28). The van der Waals surface area contributed by atoms with E-state index in [1.165, 1.54) is 6.26 Å². The van der Waals surface area contributed by atoms with Crippen molar-refractivity contribution < 1.29 is 9.21 Å². The van der Waals surface area contributed by atoms with Gasteiger partial charge < -0.3 is 19.6 Å². The Bertz CT molecular complexity index is 1070. The highest BCUT2D eigenvalue weighted by atomic mass is 16.3. The van der Waals surface area contributed by atoms with E-state index < -0.39 is 5.91 Å². The van der Waals surface area contributed by atoms with Crippen molar-refractivity contribution in [3.05, 3.63) is 76.0 Å². The van der Waals surface area contributed by atoms with Crippen LogP contribution in [-0.2, 0) is 13.1 Å².